The third-order valence-corrected chi connectivity index (χ3v) is 3.74. The molecule has 3 nitrogen and oxygen atoms in total. The molecule has 1 aromatic heterocycles. The van der Waals surface area contributed by atoms with Crippen molar-refractivity contribution in [3.63, 3.8) is 0 Å². The minimum Gasteiger partial charge on any atom is -0.326 e. The highest BCUT2D eigenvalue weighted by Gasteiger charge is 2.33. The van der Waals surface area contributed by atoms with Gasteiger partial charge in [-0.25, -0.2) is 0 Å². The number of rotatable bonds is 4. The van der Waals surface area contributed by atoms with E-state index in [4.69, 9.17) is 5.73 Å². The molecule has 0 saturated carbocycles. The second kappa shape index (κ2) is 5.61. The van der Waals surface area contributed by atoms with Crippen molar-refractivity contribution in [3.8, 4) is 0 Å². The summed E-state index contributed by atoms with van der Waals surface area (Å²) in [5, 5.41) is 0. The van der Waals surface area contributed by atoms with Crippen LogP contribution < -0.4 is 5.73 Å². The summed E-state index contributed by atoms with van der Waals surface area (Å²) in [6, 6.07) is 7.17. The lowest BCUT2D eigenvalue weighted by Crippen LogP contribution is -2.42. The maximum Gasteiger partial charge on any atom is 0.0673 e. The number of hydrogen-bond donors (Lipinski definition) is 1. The average Bonchev–Trinajstić information content (AvgIpc) is 2.78. The summed E-state index contributed by atoms with van der Waals surface area (Å²) in [6.07, 6.45) is 5.65. The number of pyridine rings is 1. The van der Waals surface area contributed by atoms with Crippen LogP contribution in [-0.4, -0.2) is 28.5 Å². The van der Waals surface area contributed by atoms with Crippen LogP contribution in [0.25, 0.3) is 0 Å². The summed E-state index contributed by atoms with van der Waals surface area (Å²) in [6.45, 7) is 5.51. The Balaban J connectivity index is 2.23. The van der Waals surface area contributed by atoms with E-state index < -0.39 is 0 Å². The molecule has 0 aliphatic carbocycles. The molecule has 2 rings (SSSR count). The van der Waals surface area contributed by atoms with E-state index >= 15 is 0 Å². The predicted molar refractivity (Wildman–Crippen MR) is 70.6 cm³/mol. The molecule has 1 aliphatic rings. The summed E-state index contributed by atoms with van der Waals surface area (Å²) in [5.41, 5.74) is 7.30. The number of nitrogens with two attached hydrogens (primary N) is 1. The van der Waals surface area contributed by atoms with Crippen molar-refractivity contribution in [1.29, 1.82) is 0 Å². The maximum absolute atomic E-state index is 6.18. The normalized spacial score (nSPS) is 24.8. The van der Waals surface area contributed by atoms with Crippen LogP contribution in [0.4, 0.5) is 0 Å². The lowest BCUT2D eigenvalue weighted by atomic mass is 10.0. The van der Waals surface area contributed by atoms with Crippen molar-refractivity contribution in [2.45, 2.75) is 51.2 Å². The number of likely N-dealkylation sites (tertiary alicyclic amines) is 1. The van der Waals surface area contributed by atoms with Crippen LogP contribution in [0, 0.1) is 0 Å². The molecule has 1 aliphatic heterocycles. The summed E-state index contributed by atoms with van der Waals surface area (Å²) >= 11 is 0. The fraction of sp³-hybridized carbons (Fsp3) is 0.643. The van der Waals surface area contributed by atoms with E-state index in [1.165, 1.54) is 19.3 Å². The van der Waals surface area contributed by atoms with Gasteiger partial charge in [0.1, 0.15) is 0 Å². The van der Waals surface area contributed by atoms with Crippen molar-refractivity contribution in [2.24, 2.45) is 5.73 Å². The van der Waals surface area contributed by atoms with E-state index in [9.17, 15) is 0 Å². The minimum absolute atomic E-state index is 0.122. The van der Waals surface area contributed by atoms with Crippen molar-refractivity contribution < 1.29 is 0 Å². The number of nitrogens with zero attached hydrogens (tertiary/aromatic N) is 2. The quantitative estimate of drug-likeness (QED) is 0.868. The van der Waals surface area contributed by atoms with Crippen LogP contribution in [0.1, 0.15) is 44.8 Å². The second-order valence-electron chi connectivity index (χ2n) is 5.00. The molecular weight excluding hydrogens is 210 g/mol. The van der Waals surface area contributed by atoms with Crippen molar-refractivity contribution in [2.75, 3.05) is 6.54 Å². The zero-order valence-corrected chi connectivity index (χ0v) is 10.8. The first kappa shape index (κ1) is 12.5. The lowest BCUT2D eigenvalue weighted by molar-refractivity contribution is 0.154. The number of aromatic nitrogens is 1. The molecule has 0 bridgehead atoms. The predicted octanol–water partition coefficient (Wildman–Crippen LogP) is 2.34. The van der Waals surface area contributed by atoms with Crippen LogP contribution >= 0.6 is 0 Å². The molecule has 2 N–H and O–H groups in total. The van der Waals surface area contributed by atoms with E-state index in [-0.39, 0.29) is 12.1 Å². The van der Waals surface area contributed by atoms with Gasteiger partial charge in [-0.1, -0.05) is 13.0 Å². The largest absolute Gasteiger partial charge is 0.326 e. The van der Waals surface area contributed by atoms with Gasteiger partial charge in [0.2, 0.25) is 0 Å². The third-order valence-electron chi connectivity index (χ3n) is 3.74. The third kappa shape index (κ3) is 2.67. The summed E-state index contributed by atoms with van der Waals surface area (Å²) in [4.78, 5) is 7.04. The van der Waals surface area contributed by atoms with Gasteiger partial charge in [0.25, 0.3) is 0 Å². The van der Waals surface area contributed by atoms with E-state index in [2.05, 4.69) is 35.9 Å². The van der Waals surface area contributed by atoms with E-state index in [1.54, 1.807) is 0 Å². The van der Waals surface area contributed by atoms with Gasteiger partial charge >= 0.3 is 0 Å². The Bertz CT molecular complexity index is 337. The highest BCUT2D eigenvalue weighted by molar-refractivity contribution is 5.12. The standard InChI is InChI=1S/C14H23N3/c1-3-12-7-6-10-17(12)14(11(2)15)13-8-4-5-9-16-13/h4-5,8-9,11-12,14H,3,6-7,10,15H2,1-2H3. The molecule has 0 spiro atoms. The molecule has 17 heavy (non-hydrogen) atoms. The molecule has 1 aromatic rings. The first-order valence-corrected chi connectivity index (χ1v) is 6.66. The first-order chi connectivity index (χ1) is 8.24. The fourth-order valence-corrected chi connectivity index (χ4v) is 2.95. The van der Waals surface area contributed by atoms with Crippen LogP contribution in [0.3, 0.4) is 0 Å². The Morgan fingerprint density at radius 3 is 2.94 bits per heavy atom. The Morgan fingerprint density at radius 2 is 2.35 bits per heavy atom. The van der Waals surface area contributed by atoms with Gasteiger partial charge in [0.05, 0.1) is 11.7 Å². The van der Waals surface area contributed by atoms with Gasteiger partial charge in [0.15, 0.2) is 0 Å². The summed E-state index contributed by atoms with van der Waals surface area (Å²) < 4.78 is 0. The molecule has 3 heteroatoms. The molecule has 0 aromatic carbocycles. The first-order valence-electron chi connectivity index (χ1n) is 6.66. The Morgan fingerprint density at radius 1 is 1.53 bits per heavy atom. The fourth-order valence-electron chi connectivity index (χ4n) is 2.95. The molecule has 1 saturated heterocycles. The van der Waals surface area contributed by atoms with E-state index in [1.807, 2.05) is 12.3 Å². The van der Waals surface area contributed by atoms with Gasteiger partial charge in [-0.15, -0.1) is 0 Å². The van der Waals surface area contributed by atoms with Crippen LogP contribution in [0.15, 0.2) is 24.4 Å². The monoisotopic (exact) mass is 233 g/mol. The van der Waals surface area contributed by atoms with E-state index in [0.717, 1.165) is 12.2 Å². The van der Waals surface area contributed by atoms with Crippen LogP contribution in [0.5, 0.6) is 0 Å². The lowest BCUT2D eigenvalue weighted by Gasteiger charge is -2.34. The molecule has 3 atom stereocenters. The molecule has 3 unspecified atom stereocenters. The van der Waals surface area contributed by atoms with Crippen LogP contribution in [0.2, 0.25) is 0 Å². The highest BCUT2D eigenvalue weighted by Crippen LogP contribution is 2.31. The second-order valence-corrected chi connectivity index (χ2v) is 5.00. The van der Waals surface area contributed by atoms with Gasteiger partial charge in [-0.2, -0.15) is 0 Å². The van der Waals surface area contributed by atoms with Crippen molar-refractivity contribution in [3.05, 3.63) is 30.1 Å². The SMILES string of the molecule is CCC1CCCN1C(c1ccccn1)C(C)N. The van der Waals surface area contributed by atoms with Gasteiger partial charge in [0, 0.05) is 18.3 Å². The van der Waals surface area contributed by atoms with Crippen molar-refractivity contribution in [1.82, 2.24) is 9.88 Å². The maximum atomic E-state index is 6.18. The summed E-state index contributed by atoms with van der Waals surface area (Å²) in [7, 11) is 0. The molecule has 94 valence electrons. The zero-order valence-electron chi connectivity index (χ0n) is 10.8. The summed E-state index contributed by atoms with van der Waals surface area (Å²) in [5.74, 6) is 0. The zero-order chi connectivity index (χ0) is 12.3. The van der Waals surface area contributed by atoms with Crippen LogP contribution in [-0.2, 0) is 0 Å². The van der Waals surface area contributed by atoms with Gasteiger partial charge in [-0.3, -0.25) is 9.88 Å². The Kier molecular flexibility index (Phi) is 4.13. The van der Waals surface area contributed by atoms with Gasteiger partial charge in [-0.05, 0) is 44.9 Å². The molecule has 1 fully saturated rings. The Hall–Kier alpha value is -0.930. The molecule has 0 amide bonds. The Labute approximate surface area is 104 Å². The van der Waals surface area contributed by atoms with E-state index in [0.29, 0.717) is 6.04 Å². The topological polar surface area (TPSA) is 42.2 Å². The molecule has 0 radical (unpaired) electrons. The highest BCUT2D eigenvalue weighted by atomic mass is 15.2. The molecular formula is C14H23N3. The van der Waals surface area contributed by atoms with Gasteiger partial charge < -0.3 is 5.73 Å². The molecule has 2 heterocycles. The van der Waals surface area contributed by atoms with Crippen molar-refractivity contribution >= 4 is 0 Å². The smallest absolute Gasteiger partial charge is 0.0673 e. The minimum atomic E-state index is 0.122. The number of hydrogen-bond acceptors (Lipinski definition) is 3. The average molecular weight is 233 g/mol.